The van der Waals surface area contributed by atoms with Crippen LogP contribution in [-0.2, 0) is 0 Å². The standard InChI is InChI=1S/C17H17FO2/c1-3-14(12-7-5-4-6-8-12)17(19)15-10-9-13(20-2)11-16(15)18/h4-11,14H,3H2,1-2H3. The summed E-state index contributed by atoms with van der Waals surface area (Å²) in [6.45, 7) is 1.93. The summed E-state index contributed by atoms with van der Waals surface area (Å²) in [5.74, 6) is -0.645. The van der Waals surface area contributed by atoms with Gasteiger partial charge in [0.1, 0.15) is 11.6 Å². The highest BCUT2D eigenvalue weighted by molar-refractivity contribution is 6.01. The quantitative estimate of drug-likeness (QED) is 0.762. The Kier molecular flexibility index (Phi) is 4.51. The molecule has 0 spiro atoms. The number of methoxy groups -OCH3 is 1. The average Bonchev–Trinajstić information content (AvgIpc) is 2.48. The van der Waals surface area contributed by atoms with Gasteiger partial charge >= 0.3 is 0 Å². The molecule has 0 aliphatic heterocycles. The molecule has 0 saturated carbocycles. The number of hydrogen-bond acceptors (Lipinski definition) is 2. The maximum atomic E-state index is 14.0. The van der Waals surface area contributed by atoms with E-state index < -0.39 is 5.82 Å². The highest BCUT2D eigenvalue weighted by Gasteiger charge is 2.22. The van der Waals surface area contributed by atoms with Gasteiger partial charge in [-0.3, -0.25) is 4.79 Å². The molecule has 20 heavy (non-hydrogen) atoms. The van der Waals surface area contributed by atoms with Gasteiger partial charge in [0.15, 0.2) is 5.78 Å². The molecule has 2 aromatic carbocycles. The van der Waals surface area contributed by atoms with Gasteiger partial charge < -0.3 is 4.74 Å². The fourth-order valence-corrected chi connectivity index (χ4v) is 2.27. The molecule has 3 heteroatoms. The van der Waals surface area contributed by atoms with Crippen LogP contribution in [0.2, 0.25) is 0 Å². The molecule has 0 saturated heterocycles. The van der Waals surface area contributed by atoms with Crippen LogP contribution in [0.3, 0.4) is 0 Å². The largest absolute Gasteiger partial charge is 0.497 e. The molecule has 0 aromatic heterocycles. The van der Waals surface area contributed by atoms with Crippen molar-refractivity contribution in [2.24, 2.45) is 0 Å². The number of rotatable bonds is 5. The van der Waals surface area contributed by atoms with Crippen LogP contribution in [0.5, 0.6) is 5.75 Å². The summed E-state index contributed by atoms with van der Waals surface area (Å²) in [5, 5.41) is 0. The molecule has 0 radical (unpaired) electrons. The lowest BCUT2D eigenvalue weighted by molar-refractivity contribution is 0.0953. The number of halogens is 1. The first-order valence-corrected chi connectivity index (χ1v) is 6.60. The molecule has 2 rings (SSSR count). The second-order valence-corrected chi connectivity index (χ2v) is 4.58. The summed E-state index contributed by atoms with van der Waals surface area (Å²) in [6, 6.07) is 13.8. The van der Waals surface area contributed by atoms with Gasteiger partial charge in [-0.25, -0.2) is 4.39 Å². The van der Waals surface area contributed by atoms with Gasteiger partial charge in [-0.15, -0.1) is 0 Å². The molecule has 0 aliphatic rings. The zero-order valence-corrected chi connectivity index (χ0v) is 11.6. The van der Waals surface area contributed by atoms with E-state index in [4.69, 9.17) is 4.74 Å². The molecule has 1 unspecified atom stereocenters. The van der Waals surface area contributed by atoms with Crippen molar-refractivity contribution in [3.05, 3.63) is 65.5 Å². The lowest BCUT2D eigenvalue weighted by Crippen LogP contribution is -2.14. The Morgan fingerprint density at radius 1 is 1.20 bits per heavy atom. The molecule has 1 atom stereocenters. The fourth-order valence-electron chi connectivity index (χ4n) is 2.27. The molecule has 0 aliphatic carbocycles. The smallest absolute Gasteiger partial charge is 0.173 e. The predicted molar refractivity (Wildman–Crippen MR) is 76.8 cm³/mol. The van der Waals surface area contributed by atoms with Crippen molar-refractivity contribution in [1.29, 1.82) is 0 Å². The highest BCUT2D eigenvalue weighted by atomic mass is 19.1. The van der Waals surface area contributed by atoms with Crippen molar-refractivity contribution < 1.29 is 13.9 Å². The average molecular weight is 272 g/mol. The van der Waals surface area contributed by atoms with Crippen molar-refractivity contribution in [3.63, 3.8) is 0 Å². The van der Waals surface area contributed by atoms with Crippen molar-refractivity contribution in [2.75, 3.05) is 7.11 Å². The van der Waals surface area contributed by atoms with E-state index in [1.165, 1.54) is 19.2 Å². The zero-order chi connectivity index (χ0) is 14.5. The Morgan fingerprint density at radius 3 is 2.45 bits per heavy atom. The van der Waals surface area contributed by atoms with Gasteiger partial charge in [0.2, 0.25) is 0 Å². The van der Waals surface area contributed by atoms with E-state index in [9.17, 15) is 9.18 Å². The minimum Gasteiger partial charge on any atom is -0.497 e. The maximum absolute atomic E-state index is 14.0. The van der Waals surface area contributed by atoms with Gasteiger partial charge in [0, 0.05) is 12.0 Å². The SMILES string of the molecule is CCC(C(=O)c1ccc(OC)cc1F)c1ccccc1. The topological polar surface area (TPSA) is 26.3 Å². The molecular formula is C17H17FO2. The van der Waals surface area contributed by atoms with Crippen LogP contribution >= 0.6 is 0 Å². The third kappa shape index (κ3) is 2.87. The normalized spacial score (nSPS) is 11.9. The van der Waals surface area contributed by atoms with Crippen LogP contribution < -0.4 is 4.74 Å². The number of hydrogen-bond donors (Lipinski definition) is 0. The van der Waals surface area contributed by atoms with Crippen molar-refractivity contribution >= 4 is 5.78 Å². The molecule has 0 bridgehead atoms. The number of carbonyl (C=O) groups is 1. The number of benzene rings is 2. The third-order valence-electron chi connectivity index (χ3n) is 3.37. The lowest BCUT2D eigenvalue weighted by Gasteiger charge is -2.15. The molecule has 2 nitrogen and oxygen atoms in total. The first kappa shape index (κ1) is 14.3. The van der Waals surface area contributed by atoms with E-state index in [1.54, 1.807) is 6.07 Å². The Hall–Kier alpha value is -2.16. The van der Waals surface area contributed by atoms with Crippen LogP contribution in [-0.4, -0.2) is 12.9 Å². The predicted octanol–water partition coefficient (Wildman–Crippen LogP) is 4.21. The van der Waals surface area contributed by atoms with Crippen molar-refractivity contribution in [2.45, 2.75) is 19.3 Å². The number of carbonyl (C=O) groups excluding carboxylic acids is 1. The van der Waals surface area contributed by atoms with Crippen LogP contribution in [0.15, 0.2) is 48.5 Å². The van der Waals surface area contributed by atoms with Crippen molar-refractivity contribution in [3.8, 4) is 5.75 Å². The minimum atomic E-state index is -0.538. The Labute approximate surface area is 118 Å². The van der Waals surface area contributed by atoms with Gasteiger partial charge in [-0.05, 0) is 24.1 Å². The van der Waals surface area contributed by atoms with Gasteiger partial charge in [0.25, 0.3) is 0 Å². The van der Waals surface area contributed by atoms with E-state index in [-0.39, 0.29) is 17.3 Å². The summed E-state index contributed by atoms with van der Waals surface area (Å²) in [7, 11) is 1.47. The Bertz CT molecular complexity index is 593. The first-order valence-electron chi connectivity index (χ1n) is 6.60. The maximum Gasteiger partial charge on any atom is 0.173 e. The molecular weight excluding hydrogens is 255 g/mol. The molecule has 0 amide bonds. The Balaban J connectivity index is 2.34. The fraction of sp³-hybridized carbons (Fsp3) is 0.235. The van der Waals surface area contributed by atoms with E-state index in [2.05, 4.69) is 0 Å². The highest BCUT2D eigenvalue weighted by Crippen LogP contribution is 2.26. The van der Waals surface area contributed by atoms with Crippen LogP contribution in [0.4, 0.5) is 4.39 Å². The number of Topliss-reactive ketones (excluding diaryl/α,β-unsaturated/α-hetero) is 1. The Morgan fingerprint density at radius 2 is 1.90 bits per heavy atom. The molecule has 104 valence electrons. The second kappa shape index (κ2) is 6.33. The van der Waals surface area contributed by atoms with Gasteiger partial charge in [-0.2, -0.15) is 0 Å². The number of ether oxygens (including phenoxy) is 1. The zero-order valence-electron chi connectivity index (χ0n) is 11.6. The van der Waals surface area contributed by atoms with Gasteiger partial charge in [-0.1, -0.05) is 37.3 Å². The molecule has 0 N–H and O–H groups in total. The number of ketones is 1. The minimum absolute atomic E-state index is 0.113. The third-order valence-corrected chi connectivity index (χ3v) is 3.37. The summed E-state index contributed by atoms with van der Waals surface area (Å²) in [5.41, 5.74) is 1.02. The summed E-state index contributed by atoms with van der Waals surface area (Å²) < 4.78 is 18.9. The summed E-state index contributed by atoms with van der Waals surface area (Å²) in [6.07, 6.45) is 0.633. The lowest BCUT2D eigenvalue weighted by atomic mass is 9.88. The molecule has 0 fully saturated rings. The van der Waals surface area contributed by atoms with E-state index in [0.717, 1.165) is 5.56 Å². The van der Waals surface area contributed by atoms with E-state index in [1.807, 2.05) is 37.3 Å². The summed E-state index contributed by atoms with van der Waals surface area (Å²) >= 11 is 0. The van der Waals surface area contributed by atoms with Crippen molar-refractivity contribution in [1.82, 2.24) is 0 Å². The van der Waals surface area contributed by atoms with E-state index >= 15 is 0 Å². The molecule has 2 aromatic rings. The monoisotopic (exact) mass is 272 g/mol. The van der Waals surface area contributed by atoms with Gasteiger partial charge in [0.05, 0.1) is 12.7 Å². The van der Waals surface area contributed by atoms with E-state index in [0.29, 0.717) is 12.2 Å². The van der Waals surface area contributed by atoms with Crippen LogP contribution in [0, 0.1) is 5.82 Å². The summed E-state index contributed by atoms with van der Waals surface area (Å²) in [4.78, 5) is 12.5. The van der Waals surface area contributed by atoms with Crippen LogP contribution in [0.25, 0.3) is 0 Å². The van der Waals surface area contributed by atoms with Crippen LogP contribution in [0.1, 0.15) is 35.2 Å². The second-order valence-electron chi connectivity index (χ2n) is 4.58. The first-order chi connectivity index (χ1) is 9.67. The molecule has 0 heterocycles.